The molecule has 0 bridgehead atoms. The Morgan fingerprint density at radius 3 is 2.71 bits per heavy atom. The van der Waals surface area contributed by atoms with E-state index in [2.05, 4.69) is 44.0 Å². The highest BCUT2D eigenvalue weighted by Crippen LogP contribution is 2.22. The minimum atomic E-state index is 0.427. The maximum Gasteiger partial charge on any atom is 0.225 e. The highest BCUT2D eigenvalue weighted by molar-refractivity contribution is 5.81. The maximum atomic E-state index is 5.96. The van der Waals surface area contributed by atoms with Crippen molar-refractivity contribution in [1.82, 2.24) is 19.9 Å². The molecule has 0 saturated carbocycles. The molecular weight excluding hydrogens is 390 g/mol. The summed E-state index contributed by atoms with van der Waals surface area (Å²) in [7, 11) is 0. The normalized spacial score (nSPS) is 20.6. The summed E-state index contributed by atoms with van der Waals surface area (Å²) in [5.41, 5.74) is 3.46. The van der Waals surface area contributed by atoms with Crippen LogP contribution in [0.5, 0.6) is 0 Å². The largest absolute Gasteiger partial charge is 0.380 e. The van der Waals surface area contributed by atoms with E-state index in [0.29, 0.717) is 5.92 Å². The molecule has 0 N–H and O–H groups in total. The number of anilines is 1. The van der Waals surface area contributed by atoms with Crippen LogP contribution in [0.1, 0.15) is 11.3 Å². The van der Waals surface area contributed by atoms with Gasteiger partial charge in [-0.2, -0.15) is 0 Å². The lowest BCUT2D eigenvalue weighted by atomic mass is 9.97. The molecule has 0 unspecified atom stereocenters. The van der Waals surface area contributed by atoms with Gasteiger partial charge in [-0.1, -0.05) is 24.3 Å². The first kappa shape index (κ1) is 20.3. The summed E-state index contributed by atoms with van der Waals surface area (Å²) >= 11 is 0. The van der Waals surface area contributed by atoms with Gasteiger partial charge in [0.15, 0.2) is 0 Å². The van der Waals surface area contributed by atoms with E-state index >= 15 is 0 Å². The first-order chi connectivity index (χ1) is 15.3. The number of benzene rings is 1. The molecule has 2 fully saturated rings. The van der Waals surface area contributed by atoms with E-state index in [4.69, 9.17) is 14.5 Å². The molecule has 2 aliphatic rings. The number of pyridine rings is 1. The van der Waals surface area contributed by atoms with Crippen LogP contribution in [0.3, 0.4) is 0 Å². The van der Waals surface area contributed by atoms with E-state index in [1.54, 1.807) is 0 Å². The van der Waals surface area contributed by atoms with Gasteiger partial charge in [-0.05, 0) is 30.0 Å². The summed E-state index contributed by atoms with van der Waals surface area (Å²) in [5.74, 6) is 1.24. The highest BCUT2D eigenvalue weighted by Gasteiger charge is 2.21. The Labute approximate surface area is 183 Å². The van der Waals surface area contributed by atoms with Gasteiger partial charge in [-0.25, -0.2) is 9.97 Å². The SMILES string of the molecule is c1cnc2c(C[C@@H]3COCCN(Cc4ccnc(N5CCOCC5)n4)C3)cccc2c1. The molecule has 3 aromatic rings. The Morgan fingerprint density at radius 2 is 1.77 bits per heavy atom. The fourth-order valence-electron chi connectivity index (χ4n) is 4.48. The number of fused-ring (bicyclic) bond motifs is 1. The zero-order chi connectivity index (χ0) is 20.9. The maximum absolute atomic E-state index is 5.96. The lowest BCUT2D eigenvalue weighted by molar-refractivity contribution is 0.121. The monoisotopic (exact) mass is 419 g/mol. The Hall–Kier alpha value is -2.61. The molecule has 4 heterocycles. The molecule has 0 aliphatic carbocycles. The van der Waals surface area contributed by atoms with Gasteiger partial charge in [0.25, 0.3) is 0 Å². The van der Waals surface area contributed by atoms with Crippen LogP contribution >= 0.6 is 0 Å². The number of rotatable bonds is 5. The molecule has 2 aromatic heterocycles. The number of ether oxygens (including phenoxy) is 2. The summed E-state index contributed by atoms with van der Waals surface area (Å²) < 4.78 is 11.4. The van der Waals surface area contributed by atoms with Crippen molar-refractivity contribution in [3.63, 3.8) is 0 Å². The van der Waals surface area contributed by atoms with Crippen molar-refractivity contribution >= 4 is 16.9 Å². The molecule has 0 spiro atoms. The summed E-state index contributed by atoms with van der Waals surface area (Å²) in [6.45, 7) is 7.43. The third-order valence-corrected chi connectivity index (χ3v) is 6.03. The van der Waals surface area contributed by atoms with Crippen LogP contribution in [0.2, 0.25) is 0 Å². The quantitative estimate of drug-likeness (QED) is 0.630. The Bertz CT molecular complexity index is 1000. The lowest BCUT2D eigenvalue weighted by Crippen LogP contribution is -2.37. The highest BCUT2D eigenvalue weighted by atomic mass is 16.5. The zero-order valence-electron chi connectivity index (χ0n) is 17.8. The number of para-hydroxylation sites is 1. The molecule has 1 aromatic carbocycles. The van der Waals surface area contributed by atoms with Crippen molar-refractivity contribution in [2.75, 3.05) is 57.5 Å². The van der Waals surface area contributed by atoms with E-state index < -0.39 is 0 Å². The Balaban J connectivity index is 1.27. The van der Waals surface area contributed by atoms with Crippen molar-refractivity contribution in [2.45, 2.75) is 13.0 Å². The standard InChI is InChI=1S/C24H29N5O2/c1-3-20-5-2-7-25-23(20)21(4-1)15-19-16-28(9-12-31-18-19)17-22-6-8-26-24(27-22)29-10-13-30-14-11-29/h1-8,19H,9-18H2/t19-/m0/s1. The number of morpholine rings is 1. The molecule has 2 aliphatic heterocycles. The van der Waals surface area contributed by atoms with Crippen LogP contribution in [0.25, 0.3) is 10.9 Å². The lowest BCUT2D eigenvalue weighted by Gasteiger charge is -2.27. The van der Waals surface area contributed by atoms with Crippen molar-refractivity contribution in [1.29, 1.82) is 0 Å². The van der Waals surface area contributed by atoms with Crippen LogP contribution in [0, 0.1) is 5.92 Å². The zero-order valence-corrected chi connectivity index (χ0v) is 17.8. The minimum Gasteiger partial charge on any atom is -0.380 e. The summed E-state index contributed by atoms with van der Waals surface area (Å²) in [6, 6.07) is 12.6. The molecule has 5 rings (SSSR count). The van der Waals surface area contributed by atoms with Crippen molar-refractivity contribution < 1.29 is 9.47 Å². The minimum absolute atomic E-state index is 0.427. The second-order valence-corrected chi connectivity index (χ2v) is 8.32. The van der Waals surface area contributed by atoms with E-state index in [1.165, 1.54) is 10.9 Å². The molecule has 31 heavy (non-hydrogen) atoms. The average Bonchev–Trinajstić information content (AvgIpc) is 3.05. The van der Waals surface area contributed by atoms with Gasteiger partial charge in [0, 0.05) is 50.5 Å². The summed E-state index contributed by atoms with van der Waals surface area (Å²) in [6.07, 6.45) is 4.72. The number of hydrogen-bond donors (Lipinski definition) is 0. The van der Waals surface area contributed by atoms with Crippen LogP contribution < -0.4 is 4.90 Å². The van der Waals surface area contributed by atoms with Crippen LogP contribution in [-0.2, 0) is 22.4 Å². The van der Waals surface area contributed by atoms with E-state index in [9.17, 15) is 0 Å². The topological polar surface area (TPSA) is 63.6 Å². The number of hydrogen-bond acceptors (Lipinski definition) is 7. The third-order valence-electron chi connectivity index (χ3n) is 6.03. The molecule has 1 atom stereocenters. The van der Waals surface area contributed by atoms with Gasteiger partial charge in [-0.15, -0.1) is 0 Å². The van der Waals surface area contributed by atoms with Crippen LogP contribution in [0.4, 0.5) is 5.95 Å². The average molecular weight is 420 g/mol. The molecule has 7 heteroatoms. The van der Waals surface area contributed by atoms with Gasteiger partial charge >= 0.3 is 0 Å². The summed E-state index contributed by atoms with van der Waals surface area (Å²) in [4.78, 5) is 18.6. The van der Waals surface area contributed by atoms with E-state index in [1.807, 2.05) is 24.5 Å². The fourth-order valence-corrected chi connectivity index (χ4v) is 4.48. The molecule has 162 valence electrons. The first-order valence-electron chi connectivity index (χ1n) is 11.1. The predicted octanol–water partition coefficient (Wildman–Crippen LogP) is 2.55. The van der Waals surface area contributed by atoms with E-state index in [0.717, 1.165) is 82.7 Å². The third kappa shape index (κ3) is 5.01. The molecule has 2 saturated heterocycles. The van der Waals surface area contributed by atoms with Gasteiger partial charge in [0.05, 0.1) is 37.6 Å². The van der Waals surface area contributed by atoms with Gasteiger partial charge < -0.3 is 14.4 Å². The van der Waals surface area contributed by atoms with Crippen molar-refractivity contribution in [3.05, 3.63) is 60.0 Å². The Morgan fingerprint density at radius 1 is 0.903 bits per heavy atom. The van der Waals surface area contributed by atoms with Crippen LogP contribution in [0.15, 0.2) is 48.8 Å². The fraction of sp³-hybridized carbons (Fsp3) is 0.458. The first-order valence-corrected chi connectivity index (χ1v) is 11.1. The second kappa shape index (κ2) is 9.68. The van der Waals surface area contributed by atoms with Crippen molar-refractivity contribution in [2.24, 2.45) is 5.92 Å². The molecular formula is C24H29N5O2. The van der Waals surface area contributed by atoms with Crippen molar-refractivity contribution in [3.8, 4) is 0 Å². The van der Waals surface area contributed by atoms with Crippen LogP contribution in [-0.4, -0.2) is 72.5 Å². The molecule has 7 nitrogen and oxygen atoms in total. The number of aromatic nitrogens is 3. The van der Waals surface area contributed by atoms with Gasteiger partial charge in [-0.3, -0.25) is 9.88 Å². The predicted molar refractivity (Wildman–Crippen MR) is 120 cm³/mol. The van der Waals surface area contributed by atoms with E-state index in [-0.39, 0.29) is 0 Å². The molecule has 0 amide bonds. The summed E-state index contributed by atoms with van der Waals surface area (Å²) in [5, 5.41) is 1.20. The smallest absolute Gasteiger partial charge is 0.225 e. The van der Waals surface area contributed by atoms with Gasteiger partial charge in [0.1, 0.15) is 0 Å². The van der Waals surface area contributed by atoms with Gasteiger partial charge in [0.2, 0.25) is 5.95 Å². The number of nitrogens with zero attached hydrogens (tertiary/aromatic N) is 5. The Kier molecular flexibility index (Phi) is 6.34. The second-order valence-electron chi connectivity index (χ2n) is 8.32. The molecule has 0 radical (unpaired) electrons.